The highest BCUT2D eigenvalue weighted by molar-refractivity contribution is 7.12. The number of aryl methyl sites for hydroxylation is 2. The number of rotatable bonds is 4. The quantitative estimate of drug-likeness (QED) is 0.892. The van der Waals surface area contributed by atoms with Gasteiger partial charge in [0.1, 0.15) is 5.92 Å². The average molecular weight is 250 g/mol. The van der Waals surface area contributed by atoms with Crippen molar-refractivity contribution in [3.8, 4) is 6.07 Å². The number of hydrogen-bond acceptors (Lipinski definition) is 3. The van der Waals surface area contributed by atoms with Crippen LogP contribution >= 0.6 is 11.3 Å². The van der Waals surface area contributed by atoms with E-state index in [1.54, 1.807) is 11.3 Å². The van der Waals surface area contributed by atoms with Crippen molar-refractivity contribution in [2.24, 2.45) is 5.92 Å². The Hall–Kier alpha value is -1.34. The van der Waals surface area contributed by atoms with Gasteiger partial charge in [0, 0.05) is 9.75 Å². The molecule has 17 heavy (non-hydrogen) atoms. The molecular weight excluding hydrogens is 232 g/mol. The van der Waals surface area contributed by atoms with Gasteiger partial charge in [0.15, 0.2) is 0 Å². The number of thiophene rings is 1. The molecule has 1 aromatic heterocycles. The molecule has 0 bridgehead atoms. The van der Waals surface area contributed by atoms with Crippen molar-refractivity contribution in [3.05, 3.63) is 21.4 Å². The molecule has 1 rings (SSSR count). The van der Waals surface area contributed by atoms with E-state index in [1.165, 1.54) is 9.75 Å². The lowest BCUT2D eigenvalue weighted by Crippen LogP contribution is -2.32. The number of hydrogen-bond donors (Lipinski definition) is 1. The lowest BCUT2D eigenvalue weighted by molar-refractivity contribution is -0.124. The molecule has 1 heterocycles. The molecule has 1 aromatic rings. The Labute approximate surface area is 106 Å². The molecule has 0 aliphatic heterocycles. The molecule has 0 radical (unpaired) electrons. The molecule has 0 saturated carbocycles. The Morgan fingerprint density at radius 3 is 2.65 bits per heavy atom. The summed E-state index contributed by atoms with van der Waals surface area (Å²) >= 11 is 1.73. The Bertz CT molecular complexity index is 445. The van der Waals surface area contributed by atoms with Gasteiger partial charge in [-0.1, -0.05) is 6.92 Å². The van der Waals surface area contributed by atoms with E-state index in [1.807, 2.05) is 19.9 Å². The van der Waals surface area contributed by atoms with Gasteiger partial charge in [0.25, 0.3) is 0 Å². The summed E-state index contributed by atoms with van der Waals surface area (Å²) in [4.78, 5) is 14.2. The summed E-state index contributed by atoms with van der Waals surface area (Å²) in [6.45, 7) is 7.91. The van der Waals surface area contributed by atoms with Crippen LogP contribution in [0, 0.1) is 31.1 Å². The van der Waals surface area contributed by atoms with Gasteiger partial charge in [-0.2, -0.15) is 5.26 Å². The van der Waals surface area contributed by atoms with Gasteiger partial charge in [0.05, 0.1) is 12.1 Å². The minimum atomic E-state index is -0.544. The first-order valence-electron chi connectivity index (χ1n) is 5.76. The molecule has 0 saturated heterocycles. The molecule has 92 valence electrons. The first kappa shape index (κ1) is 13.7. The first-order valence-corrected chi connectivity index (χ1v) is 6.58. The molecular formula is C13H18N2OS. The SMILES string of the molecule is CCC(C#N)C(=O)NC(C)c1cc(C)sc1C. The Morgan fingerprint density at radius 2 is 2.24 bits per heavy atom. The maximum atomic E-state index is 11.8. The second-order valence-electron chi connectivity index (χ2n) is 4.19. The van der Waals surface area contributed by atoms with Crippen LogP contribution < -0.4 is 5.32 Å². The summed E-state index contributed by atoms with van der Waals surface area (Å²) < 4.78 is 0. The van der Waals surface area contributed by atoms with Crippen molar-refractivity contribution in [2.75, 3.05) is 0 Å². The smallest absolute Gasteiger partial charge is 0.237 e. The van der Waals surface area contributed by atoms with E-state index in [0.717, 1.165) is 5.56 Å². The van der Waals surface area contributed by atoms with Gasteiger partial charge in [-0.15, -0.1) is 11.3 Å². The maximum Gasteiger partial charge on any atom is 0.237 e. The van der Waals surface area contributed by atoms with E-state index in [9.17, 15) is 4.79 Å². The van der Waals surface area contributed by atoms with Crippen molar-refractivity contribution in [1.29, 1.82) is 5.26 Å². The highest BCUT2D eigenvalue weighted by atomic mass is 32.1. The van der Waals surface area contributed by atoms with Crippen molar-refractivity contribution < 1.29 is 4.79 Å². The number of nitriles is 1. The molecule has 2 unspecified atom stereocenters. The van der Waals surface area contributed by atoms with Crippen LogP contribution in [0.5, 0.6) is 0 Å². The Balaban J connectivity index is 2.73. The Morgan fingerprint density at radius 1 is 1.59 bits per heavy atom. The lowest BCUT2D eigenvalue weighted by atomic mass is 10.1. The second-order valence-corrected chi connectivity index (χ2v) is 5.65. The Kier molecular flexibility index (Phi) is 4.71. The van der Waals surface area contributed by atoms with Crippen LogP contribution in [0.1, 0.15) is 41.6 Å². The molecule has 0 aromatic carbocycles. The third-order valence-corrected chi connectivity index (χ3v) is 3.77. The lowest BCUT2D eigenvalue weighted by Gasteiger charge is -2.15. The molecule has 1 amide bonds. The molecule has 0 fully saturated rings. The van der Waals surface area contributed by atoms with Gasteiger partial charge in [-0.3, -0.25) is 4.79 Å². The normalized spacial score (nSPS) is 13.8. The fourth-order valence-electron chi connectivity index (χ4n) is 1.81. The van der Waals surface area contributed by atoms with Crippen molar-refractivity contribution in [3.63, 3.8) is 0 Å². The van der Waals surface area contributed by atoms with Gasteiger partial charge in [0.2, 0.25) is 5.91 Å². The summed E-state index contributed by atoms with van der Waals surface area (Å²) in [5.41, 5.74) is 1.15. The summed E-state index contributed by atoms with van der Waals surface area (Å²) in [5, 5.41) is 11.7. The molecule has 0 aliphatic rings. The fourth-order valence-corrected chi connectivity index (χ4v) is 2.83. The zero-order valence-electron chi connectivity index (χ0n) is 10.7. The summed E-state index contributed by atoms with van der Waals surface area (Å²) in [6, 6.07) is 4.08. The molecule has 4 heteroatoms. The van der Waals surface area contributed by atoms with E-state index >= 15 is 0 Å². The summed E-state index contributed by atoms with van der Waals surface area (Å²) in [6.07, 6.45) is 0.552. The number of nitrogens with zero attached hydrogens (tertiary/aromatic N) is 1. The number of carbonyl (C=O) groups is 1. The van der Waals surface area contributed by atoms with Gasteiger partial charge in [-0.25, -0.2) is 0 Å². The largest absolute Gasteiger partial charge is 0.348 e. The van der Waals surface area contributed by atoms with Crippen LogP contribution in [0.2, 0.25) is 0 Å². The average Bonchev–Trinajstić information content (AvgIpc) is 2.59. The molecule has 3 nitrogen and oxygen atoms in total. The van der Waals surface area contributed by atoms with Crippen molar-refractivity contribution >= 4 is 17.2 Å². The third kappa shape index (κ3) is 3.31. The van der Waals surface area contributed by atoms with Crippen LogP contribution in [-0.2, 0) is 4.79 Å². The van der Waals surface area contributed by atoms with E-state index in [0.29, 0.717) is 6.42 Å². The van der Waals surface area contributed by atoms with Gasteiger partial charge < -0.3 is 5.32 Å². The van der Waals surface area contributed by atoms with Gasteiger partial charge in [-0.05, 0) is 38.8 Å². The van der Waals surface area contributed by atoms with Crippen LogP contribution in [0.3, 0.4) is 0 Å². The van der Waals surface area contributed by atoms with E-state index in [2.05, 4.69) is 25.2 Å². The predicted molar refractivity (Wildman–Crippen MR) is 69.7 cm³/mol. The van der Waals surface area contributed by atoms with Crippen LogP contribution in [-0.4, -0.2) is 5.91 Å². The van der Waals surface area contributed by atoms with E-state index < -0.39 is 5.92 Å². The molecule has 2 atom stereocenters. The highest BCUT2D eigenvalue weighted by Gasteiger charge is 2.19. The summed E-state index contributed by atoms with van der Waals surface area (Å²) in [7, 11) is 0. The minimum Gasteiger partial charge on any atom is -0.348 e. The minimum absolute atomic E-state index is 0.0325. The maximum absolute atomic E-state index is 11.8. The number of carbonyl (C=O) groups excluding carboxylic acids is 1. The topological polar surface area (TPSA) is 52.9 Å². The van der Waals surface area contributed by atoms with E-state index in [4.69, 9.17) is 5.26 Å². The second kappa shape index (κ2) is 5.83. The molecule has 0 aliphatic carbocycles. The van der Waals surface area contributed by atoms with Crippen LogP contribution in [0.4, 0.5) is 0 Å². The third-order valence-electron chi connectivity index (χ3n) is 2.79. The fraction of sp³-hybridized carbons (Fsp3) is 0.538. The zero-order chi connectivity index (χ0) is 13.0. The monoisotopic (exact) mass is 250 g/mol. The number of amides is 1. The van der Waals surface area contributed by atoms with Crippen LogP contribution in [0.15, 0.2) is 6.07 Å². The predicted octanol–water partition coefficient (Wildman–Crippen LogP) is 3.09. The highest BCUT2D eigenvalue weighted by Crippen LogP contribution is 2.26. The standard InChI is InChI=1S/C13H18N2OS/c1-5-11(7-14)13(16)15-9(3)12-6-8(2)17-10(12)4/h6,9,11H,5H2,1-4H3,(H,15,16). The van der Waals surface area contributed by atoms with Crippen LogP contribution in [0.25, 0.3) is 0 Å². The molecule has 1 N–H and O–H groups in total. The van der Waals surface area contributed by atoms with Crippen molar-refractivity contribution in [1.82, 2.24) is 5.32 Å². The first-order chi connectivity index (χ1) is 7.99. The molecule has 0 spiro atoms. The van der Waals surface area contributed by atoms with Gasteiger partial charge >= 0.3 is 0 Å². The summed E-state index contributed by atoms with van der Waals surface area (Å²) in [5.74, 6) is -0.719. The number of nitrogens with one attached hydrogen (secondary N) is 1. The zero-order valence-corrected chi connectivity index (χ0v) is 11.5. The van der Waals surface area contributed by atoms with E-state index in [-0.39, 0.29) is 11.9 Å². The van der Waals surface area contributed by atoms with Crippen molar-refractivity contribution in [2.45, 2.75) is 40.2 Å².